The van der Waals surface area contributed by atoms with E-state index in [-0.39, 0.29) is 36.5 Å². The maximum Gasteiger partial charge on any atom is 0.338 e. The first-order chi connectivity index (χ1) is 17.3. The van der Waals surface area contributed by atoms with Gasteiger partial charge in [0.25, 0.3) is 0 Å². The fraction of sp³-hybridized carbons (Fsp3) is 0.240. The second-order valence-corrected chi connectivity index (χ2v) is 7.96. The zero-order chi connectivity index (χ0) is 25.7. The quantitative estimate of drug-likeness (QED) is 0.327. The maximum absolute atomic E-state index is 12.7. The molecule has 36 heavy (non-hydrogen) atoms. The van der Waals surface area contributed by atoms with Gasteiger partial charge in [-0.05, 0) is 51.1 Å². The van der Waals surface area contributed by atoms with E-state index in [0.29, 0.717) is 17.3 Å². The van der Waals surface area contributed by atoms with E-state index < -0.39 is 5.97 Å². The maximum atomic E-state index is 12.7. The molecule has 0 fully saturated rings. The first kappa shape index (κ1) is 24.5. The Morgan fingerprint density at radius 2 is 1.78 bits per heavy atom. The van der Waals surface area contributed by atoms with Crippen molar-refractivity contribution in [2.45, 2.75) is 34.0 Å². The van der Waals surface area contributed by atoms with Crippen molar-refractivity contribution in [3.05, 3.63) is 76.4 Å². The molecule has 0 aliphatic heterocycles. The number of carbonyl (C=O) groups excluding carboxylic acids is 1. The van der Waals surface area contributed by atoms with Crippen LogP contribution in [0, 0.1) is 20.8 Å². The van der Waals surface area contributed by atoms with Crippen molar-refractivity contribution in [1.82, 2.24) is 20.1 Å². The van der Waals surface area contributed by atoms with Crippen molar-refractivity contribution in [1.29, 1.82) is 0 Å². The summed E-state index contributed by atoms with van der Waals surface area (Å²) in [7, 11) is 1.49. The molecule has 0 spiro atoms. The summed E-state index contributed by atoms with van der Waals surface area (Å²) in [6.07, 6.45) is 0. The molecule has 2 heterocycles. The van der Waals surface area contributed by atoms with Crippen LogP contribution in [0.5, 0.6) is 11.5 Å². The Bertz CT molecular complexity index is 1350. The Labute approximate surface area is 207 Å². The molecule has 3 N–H and O–H groups in total. The van der Waals surface area contributed by atoms with Crippen LogP contribution in [0.1, 0.15) is 38.8 Å². The number of nitrogens with zero attached hydrogens (tertiary/aromatic N) is 4. The van der Waals surface area contributed by atoms with E-state index in [4.69, 9.17) is 24.5 Å². The van der Waals surface area contributed by atoms with Gasteiger partial charge in [-0.3, -0.25) is 0 Å². The van der Waals surface area contributed by atoms with E-state index >= 15 is 0 Å². The Morgan fingerprint density at radius 1 is 1.00 bits per heavy atom. The van der Waals surface area contributed by atoms with Crippen LogP contribution in [0.2, 0.25) is 0 Å². The lowest BCUT2D eigenvalue weighted by atomic mass is 10.2. The molecule has 0 unspecified atom stereocenters. The predicted octanol–water partition coefficient (Wildman–Crippen LogP) is 4.06. The largest absolute Gasteiger partial charge is 0.493 e. The average molecular weight is 491 g/mol. The summed E-state index contributed by atoms with van der Waals surface area (Å²) in [6, 6.07) is 12.5. The first-order valence-corrected chi connectivity index (χ1v) is 11.1. The number of anilines is 3. The van der Waals surface area contributed by atoms with Gasteiger partial charge in [0.15, 0.2) is 23.9 Å². The van der Waals surface area contributed by atoms with Crippen LogP contribution in [-0.4, -0.2) is 33.2 Å². The molecule has 0 aliphatic carbocycles. The smallest absolute Gasteiger partial charge is 0.338 e. The molecule has 0 saturated heterocycles. The standard InChI is InChI=1S/C25H26N6O5/c1-14-5-8-18(9-6-14)27-25-29-22(28-24(26)30-25)13-35-23(32)17-7-10-20(21(11-17)33-4)34-12-19-15(2)31-36-16(19)3/h5-11H,12-13H2,1-4H3,(H3,26,27,28,29,30). The minimum Gasteiger partial charge on any atom is -0.493 e. The van der Waals surface area contributed by atoms with E-state index in [1.807, 2.05) is 45.0 Å². The number of benzene rings is 2. The molecule has 186 valence electrons. The van der Waals surface area contributed by atoms with E-state index in [2.05, 4.69) is 25.4 Å². The number of aryl methyl sites for hydroxylation is 3. The second-order valence-electron chi connectivity index (χ2n) is 7.96. The number of methoxy groups -OCH3 is 1. The minimum absolute atomic E-state index is 0.00660. The highest BCUT2D eigenvalue weighted by Gasteiger charge is 2.16. The third kappa shape index (κ3) is 5.87. The van der Waals surface area contributed by atoms with Crippen LogP contribution < -0.4 is 20.5 Å². The monoisotopic (exact) mass is 490 g/mol. The number of esters is 1. The number of nitrogens with one attached hydrogen (secondary N) is 1. The molecule has 0 saturated carbocycles. The number of hydrogen-bond donors (Lipinski definition) is 2. The van der Waals surface area contributed by atoms with Crippen molar-refractivity contribution in [3.8, 4) is 11.5 Å². The molecule has 11 nitrogen and oxygen atoms in total. The molecule has 0 aliphatic rings. The van der Waals surface area contributed by atoms with Crippen molar-refractivity contribution < 1.29 is 23.5 Å². The molecular weight excluding hydrogens is 464 g/mol. The van der Waals surface area contributed by atoms with Gasteiger partial charge in [-0.2, -0.15) is 15.0 Å². The zero-order valence-electron chi connectivity index (χ0n) is 20.4. The molecule has 11 heteroatoms. The van der Waals surface area contributed by atoms with Gasteiger partial charge in [0.2, 0.25) is 11.9 Å². The lowest BCUT2D eigenvalue weighted by molar-refractivity contribution is 0.0461. The van der Waals surface area contributed by atoms with Crippen molar-refractivity contribution in [3.63, 3.8) is 0 Å². The highest BCUT2D eigenvalue weighted by Crippen LogP contribution is 2.30. The van der Waals surface area contributed by atoms with Gasteiger partial charge >= 0.3 is 5.97 Å². The number of carbonyl (C=O) groups is 1. The molecule has 0 amide bonds. The topological polar surface area (TPSA) is 148 Å². The van der Waals surface area contributed by atoms with Gasteiger partial charge in [-0.15, -0.1) is 0 Å². The van der Waals surface area contributed by atoms with Gasteiger partial charge in [0, 0.05) is 5.69 Å². The van der Waals surface area contributed by atoms with Crippen LogP contribution in [-0.2, 0) is 18.0 Å². The number of aromatic nitrogens is 4. The van der Waals surface area contributed by atoms with Crippen LogP contribution in [0.25, 0.3) is 0 Å². The summed E-state index contributed by atoms with van der Waals surface area (Å²) >= 11 is 0. The number of nitrogen functional groups attached to an aromatic ring is 1. The van der Waals surface area contributed by atoms with Crippen LogP contribution in [0.3, 0.4) is 0 Å². The summed E-state index contributed by atoms with van der Waals surface area (Å²) in [5, 5.41) is 6.97. The normalized spacial score (nSPS) is 10.7. The Hall–Kier alpha value is -4.67. The number of hydrogen-bond acceptors (Lipinski definition) is 11. The number of ether oxygens (including phenoxy) is 3. The molecular formula is C25H26N6O5. The Balaban J connectivity index is 1.40. The molecule has 0 radical (unpaired) electrons. The third-order valence-electron chi connectivity index (χ3n) is 5.29. The van der Waals surface area contributed by atoms with Crippen molar-refractivity contribution in [2.75, 3.05) is 18.2 Å². The van der Waals surface area contributed by atoms with Crippen molar-refractivity contribution >= 4 is 23.6 Å². The van der Waals surface area contributed by atoms with E-state index in [1.165, 1.54) is 13.2 Å². The summed E-state index contributed by atoms with van der Waals surface area (Å²) in [6.45, 7) is 5.71. The zero-order valence-corrected chi connectivity index (χ0v) is 20.4. The minimum atomic E-state index is -0.586. The molecule has 4 aromatic rings. The van der Waals surface area contributed by atoms with Gasteiger partial charge in [-0.25, -0.2) is 4.79 Å². The Morgan fingerprint density at radius 3 is 2.47 bits per heavy atom. The summed E-state index contributed by atoms with van der Waals surface area (Å²) in [5.74, 6) is 1.40. The highest BCUT2D eigenvalue weighted by atomic mass is 16.5. The molecule has 0 atom stereocenters. The SMILES string of the molecule is COc1cc(C(=O)OCc2nc(N)nc(Nc3ccc(C)cc3)n2)ccc1OCc1c(C)noc1C. The molecule has 2 aromatic heterocycles. The first-order valence-electron chi connectivity index (χ1n) is 11.1. The third-order valence-corrected chi connectivity index (χ3v) is 5.29. The lowest BCUT2D eigenvalue weighted by Gasteiger charge is -2.12. The second kappa shape index (κ2) is 10.7. The van der Waals surface area contributed by atoms with Crippen LogP contribution >= 0.6 is 0 Å². The molecule has 2 aromatic carbocycles. The van der Waals surface area contributed by atoms with Gasteiger partial charge in [0.1, 0.15) is 12.4 Å². The summed E-state index contributed by atoms with van der Waals surface area (Å²) < 4.78 is 21.8. The van der Waals surface area contributed by atoms with Crippen LogP contribution in [0.15, 0.2) is 47.0 Å². The van der Waals surface area contributed by atoms with Crippen LogP contribution in [0.4, 0.5) is 17.6 Å². The lowest BCUT2D eigenvalue weighted by Crippen LogP contribution is -2.11. The van der Waals surface area contributed by atoms with Gasteiger partial charge in [-0.1, -0.05) is 22.9 Å². The van der Waals surface area contributed by atoms with Gasteiger partial charge < -0.3 is 29.8 Å². The molecule has 0 bridgehead atoms. The Kier molecular flexibility index (Phi) is 7.28. The fourth-order valence-electron chi connectivity index (χ4n) is 3.31. The number of rotatable bonds is 9. The van der Waals surface area contributed by atoms with Crippen molar-refractivity contribution in [2.24, 2.45) is 0 Å². The van der Waals surface area contributed by atoms with E-state index in [9.17, 15) is 4.79 Å². The molecule has 4 rings (SSSR count). The highest BCUT2D eigenvalue weighted by molar-refractivity contribution is 5.90. The summed E-state index contributed by atoms with van der Waals surface area (Å²) in [5.41, 5.74) is 9.61. The van der Waals surface area contributed by atoms with E-state index in [1.54, 1.807) is 12.1 Å². The number of nitrogens with two attached hydrogens (primary N) is 1. The fourth-order valence-corrected chi connectivity index (χ4v) is 3.31. The summed E-state index contributed by atoms with van der Waals surface area (Å²) in [4.78, 5) is 25.1. The van der Waals surface area contributed by atoms with E-state index in [0.717, 1.165) is 22.5 Å². The average Bonchev–Trinajstić information content (AvgIpc) is 3.19. The predicted molar refractivity (Wildman–Crippen MR) is 131 cm³/mol. The van der Waals surface area contributed by atoms with Gasteiger partial charge in [0.05, 0.1) is 23.9 Å².